The maximum Gasteiger partial charge on any atom is 0.339 e. The summed E-state index contributed by atoms with van der Waals surface area (Å²) in [6.07, 6.45) is 1.06. The van der Waals surface area contributed by atoms with Crippen LogP contribution >= 0.6 is 0 Å². The zero-order chi connectivity index (χ0) is 16.3. The first-order valence-corrected chi connectivity index (χ1v) is 7.21. The quantitative estimate of drug-likeness (QED) is 0.696. The monoisotopic (exact) mass is 300 g/mol. The van der Waals surface area contributed by atoms with Crippen LogP contribution in [0.3, 0.4) is 0 Å². The summed E-state index contributed by atoms with van der Waals surface area (Å²) in [5.41, 5.74) is 0.937. The molecule has 4 nitrogen and oxygen atoms in total. The Bertz CT molecular complexity index is 711. The Balaban J connectivity index is 2.71. The van der Waals surface area contributed by atoms with E-state index in [4.69, 9.17) is 4.74 Å². The van der Waals surface area contributed by atoms with E-state index in [1.807, 2.05) is 12.1 Å². The number of carbonyl (C=O) groups excluding carboxylic acids is 2. The normalized spacial score (nSPS) is 11.5. The van der Waals surface area contributed by atoms with Crippen molar-refractivity contribution in [3.63, 3.8) is 0 Å². The molecule has 2 rings (SSSR count). The number of benzene rings is 2. The molecular weight excluding hydrogens is 280 g/mol. The van der Waals surface area contributed by atoms with Gasteiger partial charge in [0.1, 0.15) is 5.60 Å². The number of hydrogen-bond acceptors (Lipinski definition) is 4. The predicted molar refractivity (Wildman–Crippen MR) is 85.3 cm³/mol. The van der Waals surface area contributed by atoms with E-state index in [2.05, 4.69) is 0 Å². The van der Waals surface area contributed by atoms with Gasteiger partial charge in [-0.2, -0.15) is 0 Å². The van der Waals surface area contributed by atoms with E-state index < -0.39 is 11.6 Å². The molecule has 0 spiro atoms. The maximum atomic E-state index is 12.6. The van der Waals surface area contributed by atoms with Gasteiger partial charge in [0.25, 0.3) is 0 Å². The summed E-state index contributed by atoms with van der Waals surface area (Å²) in [7, 11) is 0. The van der Waals surface area contributed by atoms with E-state index in [0.717, 1.165) is 6.29 Å². The summed E-state index contributed by atoms with van der Waals surface area (Å²) in [6.45, 7) is 5.31. The third kappa shape index (κ3) is 3.34. The highest BCUT2D eigenvalue weighted by Gasteiger charge is 2.23. The van der Waals surface area contributed by atoms with Crippen molar-refractivity contribution in [2.75, 3.05) is 6.61 Å². The van der Waals surface area contributed by atoms with E-state index in [-0.39, 0.29) is 6.61 Å². The predicted octanol–water partition coefficient (Wildman–Crippen LogP) is 3.14. The maximum absolute atomic E-state index is 12.6. The largest absolute Gasteiger partial charge is 0.456 e. The van der Waals surface area contributed by atoms with Gasteiger partial charge in [-0.25, -0.2) is 4.79 Å². The van der Waals surface area contributed by atoms with Crippen molar-refractivity contribution in [1.82, 2.24) is 0 Å². The molecule has 2 aromatic carbocycles. The Kier molecular flexibility index (Phi) is 4.62. The van der Waals surface area contributed by atoms with Gasteiger partial charge in [-0.15, -0.1) is 0 Å². The van der Waals surface area contributed by atoms with Crippen LogP contribution in [0.25, 0.3) is 10.8 Å². The third-order valence-electron chi connectivity index (χ3n) is 3.27. The van der Waals surface area contributed by atoms with Crippen molar-refractivity contribution in [2.24, 2.45) is 0 Å². The van der Waals surface area contributed by atoms with Crippen LogP contribution in [0.15, 0.2) is 30.3 Å². The van der Waals surface area contributed by atoms with Crippen LogP contribution in [0.2, 0.25) is 0 Å². The molecule has 0 saturated heterocycles. The molecule has 0 aliphatic heterocycles. The number of rotatable bonds is 4. The van der Waals surface area contributed by atoms with Gasteiger partial charge < -0.3 is 9.84 Å². The number of aliphatic hydroxyl groups excluding tert-OH is 1. The fourth-order valence-electron chi connectivity index (χ4n) is 2.45. The van der Waals surface area contributed by atoms with Crippen molar-refractivity contribution >= 4 is 23.0 Å². The van der Waals surface area contributed by atoms with Crippen molar-refractivity contribution in [2.45, 2.75) is 32.8 Å². The third-order valence-corrected chi connectivity index (χ3v) is 3.27. The van der Waals surface area contributed by atoms with Gasteiger partial charge in [0.05, 0.1) is 5.56 Å². The molecule has 0 aliphatic carbocycles. The molecule has 2 aromatic rings. The number of aliphatic hydroxyl groups is 1. The number of ether oxygens (including phenoxy) is 1. The minimum Gasteiger partial charge on any atom is -0.456 e. The van der Waals surface area contributed by atoms with Crippen molar-refractivity contribution in [1.29, 1.82) is 0 Å². The zero-order valence-corrected chi connectivity index (χ0v) is 13.1. The fourth-order valence-corrected chi connectivity index (χ4v) is 2.45. The lowest BCUT2D eigenvalue weighted by molar-refractivity contribution is 0.00705. The molecule has 0 radical (unpaired) electrons. The standard InChI is InChI=1S/C18H20O4/c1-18(2,3)22-17(21)16-12(8-9-19)10-13(11-20)14-6-4-5-7-15(14)16/h4-7,10-11,19H,8-9H2,1-3H3. The number of aldehydes is 1. The Morgan fingerprint density at radius 2 is 1.86 bits per heavy atom. The SMILES string of the molecule is CC(C)(C)OC(=O)c1c(CCO)cc(C=O)c2ccccc12. The Morgan fingerprint density at radius 1 is 1.23 bits per heavy atom. The molecule has 4 heteroatoms. The summed E-state index contributed by atoms with van der Waals surface area (Å²) in [5, 5.41) is 10.6. The van der Waals surface area contributed by atoms with Crippen LogP contribution in [0.4, 0.5) is 0 Å². The molecule has 0 aliphatic rings. The highest BCUT2D eigenvalue weighted by molar-refractivity contribution is 6.10. The number of carbonyl (C=O) groups is 2. The van der Waals surface area contributed by atoms with Crippen LogP contribution in [0, 0.1) is 0 Å². The van der Waals surface area contributed by atoms with Crippen molar-refractivity contribution in [3.8, 4) is 0 Å². The summed E-state index contributed by atoms with van der Waals surface area (Å²) < 4.78 is 5.48. The Hall–Kier alpha value is -2.20. The molecule has 0 unspecified atom stereocenters. The number of fused-ring (bicyclic) bond motifs is 1. The molecular formula is C18H20O4. The van der Waals surface area contributed by atoms with Gasteiger partial charge in [0.15, 0.2) is 6.29 Å². The molecule has 0 bridgehead atoms. The summed E-state index contributed by atoms with van der Waals surface area (Å²) in [5.74, 6) is -0.440. The lowest BCUT2D eigenvalue weighted by Gasteiger charge is -2.21. The smallest absolute Gasteiger partial charge is 0.339 e. The molecule has 0 fully saturated rings. The van der Waals surface area contributed by atoms with Gasteiger partial charge in [-0.3, -0.25) is 4.79 Å². The van der Waals surface area contributed by atoms with Gasteiger partial charge >= 0.3 is 5.97 Å². The first kappa shape index (κ1) is 16.2. The van der Waals surface area contributed by atoms with Crippen LogP contribution in [-0.2, 0) is 11.2 Å². The number of esters is 1. The van der Waals surface area contributed by atoms with Gasteiger partial charge in [-0.05, 0) is 49.6 Å². The lowest BCUT2D eigenvalue weighted by Crippen LogP contribution is -2.25. The Morgan fingerprint density at radius 3 is 2.41 bits per heavy atom. The van der Waals surface area contributed by atoms with Crippen LogP contribution < -0.4 is 0 Å². The molecule has 116 valence electrons. The highest BCUT2D eigenvalue weighted by atomic mass is 16.6. The van der Waals surface area contributed by atoms with E-state index in [1.165, 1.54) is 0 Å². The molecule has 22 heavy (non-hydrogen) atoms. The van der Waals surface area contributed by atoms with Crippen molar-refractivity contribution in [3.05, 3.63) is 47.0 Å². The fraction of sp³-hybridized carbons (Fsp3) is 0.333. The van der Waals surface area contributed by atoms with E-state index in [9.17, 15) is 14.7 Å². The molecule has 0 saturated carbocycles. The lowest BCUT2D eigenvalue weighted by atomic mass is 9.93. The van der Waals surface area contributed by atoms with Gasteiger partial charge in [-0.1, -0.05) is 24.3 Å². The Labute approximate surface area is 129 Å². The summed E-state index contributed by atoms with van der Waals surface area (Å²) >= 11 is 0. The van der Waals surface area contributed by atoms with E-state index >= 15 is 0 Å². The highest BCUT2D eigenvalue weighted by Crippen LogP contribution is 2.28. The topological polar surface area (TPSA) is 63.6 Å². The van der Waals surface area contributed by atoms with Crippen molar-refractivity contribution < 1.29 is 19.4 Å². The average molecular weight is 300 g/mol. The summed E-state index contributed by atoms with van der Waals surface area (Å²) in [6, 6.07) is 8.89. The first-order valence-electron chi connectivity index (χ1n) is 7.21. The van der Waals surface area contributed by atoms with E-state index in [1.54, 1.807) is 39.0 Å². The summed E-state index contributed by atoms with van der Waals surface area (Å²) in [4.78, 5) is 23.9. The average Bonchev–Trinajstić information content (AvgIpc) is 2.44. The second-order valence-electron chi connectivity index (χ2n) is 6.14. The zero-order valence-electron chi connectivity index (χ0n) is 13.1. The second-order valence-corrected chi connectivity index (χ2v) is 6.14. The second kappa shape index (κ2) is 6.28. The molecule has 1 N–H and O–H groups in total. The molecule has 0 heterocycles. The molecule has 0 atom stereocenters. The first-order chi connectivity index (χ1) is 10.4. The van der Waals surface area contributed by atoms with Crippen LogP contribution in [0.1, 0.15) is 47.1 Å². The minimum atomic E-state index is -0.613. The van der Waals surface area contributed by atoms with E-state index in [0.29, 0.717) is 33.9 Å². The number of hydrogen-bond donors (Lipinski definition) is 1. The van der Waals surface area contributed by atoms with Gasteiger partial charge in [0, 0.05) is 12.2 Å². The van der Waals surface area contributed by atoms with Crippen LogP contribution in [-0.4, -0.2) is 29.6 Å². The van der Waals surface area contributed by atoms with Crippen LogP contribution in [0.5, 0.6) is 0 Å². The molecule has 0 amide bonds. The molecule has 0 aromatic heterocycles. The van der Waals surface area contributed by atoms with Gasteiger partial charge in [0.2, 0.25) is 0 Å². The minimum absolute atomic E-state index is 0.105.